The minimum atomic E-state index is -0.443. The monoisotopic (exact) mass is 367 g/mol. The van der Waals surface area contributed by atoms with Crippen LogP contribution >= 0.6 is 27.5 Å². The largest absolute Gasteiger partial charge is 0.465 e. The van der Waals surface area contributed by atoms with Gasteiger partial charge in [0.2, 0.25) is 0 Å². The van der Waals surface area contributed by atoms with E-state index in [1.165, 1.54) is 12.7 Å². The van der Waals surface area contributed by atoms with Crippen LogP contribution in [0.25, 0.3) is 0 Å². The van der Waals surface area contributed by atoms with E-state index in [1.807, 2.05) is 13.0 Å². The van der Waals surface area contributed by atoms with Gasteiger partial charge < -0.3 is 10.1 Å². The maximum Gasteiger partial charge on any atom is 0.339 e. The Morgan fingerprint density at radius 2 is 2.05 bits per heavy atom. The second-order valence-corrected chi connectivity index (χ2v) is 5.88. The van der Waals surface area contributed by atoms with Crippen molar-refractivity contribution in [2.45, 2.75) is 13.5 Å². The lowest BCUT2D eigenvalue weighted by Gasteiger charge is -2.10. The third kappa shape index (κ3) is 3.99. The molecule has 0 amide bonds. The number of carbonyl (C=O) groups excluding carboxylic acids is 1. The molecule has 0 aliphatic carbocycles. The van der Waals surface area contributed by atoms with E-state index in [9.17, 15) is 4.79 Å². The third-order valence-corrected chi connectivity index (χ3v) is 4.29. The van der Waals surface area contributed by atoms with Gasteiger partial charge in [-0.3, -0.25) is 0 Å². The highest BCUT2D eigenvalue weighted by atomic mass is 79.9. The molecule has 0 saturated heterocycles. The first-order chi connectivity index (χ1) is 10.0. The van der Waals surface area contributed by atoms with E-state index in [2.05, 4.69) is 39.4 Å². The van der Waals surface area contributed by atoms with Gasteiger partial charge in [0.05, 0.1) is 17.7 Å². The normalized spacial score (nSPS) is 10.3. The average Bonchev–Trinajstić information content (AvgIpc) is 2.49. The van der Waals surface area contributed by atoms with Crippen LogP contribution in [-0.2, 0) is 11.3 Å². The Kier molecular flexibility index (Phi) is 5.26. The smallest absolute Gasteiger partial charge is 0.339 e. The second-order valence-electron chi connectivity index (χ2n) is 4.62. The minimum Gasteiger partial charge on any atom is -0.465 e. The van der Waals surface area contributed by atoms with Gasteiger partial charge in [-0.05, 0) is 42.3 Å². The Morgan fingerprint density at radius 1 is 1.29 bits per heavy atom. The van der Waals surface area contributed by atoms with Crippen LogP contribution in [0.1, 0.15) is 21.5 Å². The van der Waals surface area contributed by atoms with Crippen LogP contribution in [0.5, 0.6) is 0 Å². The molecule has 0 aromatic heterocycles. The molecular weight excluding hydrogens is 354 g/mol. The summed E-state index contributed by atoms with van der Waals surface area (Å²) in [6.07, 6.45) is 0. The summed E-state index contributed by atoms with van der Waals surface area (Å²) in [7, 11) is 1.34. The number of halogens is 2. The number of carbonyl (C=O) groups is 1. The lowest BCUT2D eigenvalue weighted by molar-refractivity contribution is 0.0601. The predicted octanol–water partition coefficient (Wildman–Crippen LogP) is 4.81. The summed E-state index contributed by atoms with van der Waals surface area (Å²) in [5.41, 5.74) is 3.51. The van der Waals surface area contributed by atoms with Gasteiger partial charge in [-0.1, -0.05) is 39.7 Å². The number of anilines is 1. The van der Waals surface area contributed by atoms with Gasteiger partial charge in [0, 0.05) is 16.7 Å². The molecule has 0 bridgehead atoms. The van der Waals surface area contributed by atoms with Gasteiger partial charge >= 0.3 is 5.97 Å². The Hall–Kier alpha value is -1.52. The molecule has 3 nitrogen and oxygen atoms in total. The van der Waals surface area contributed by atoms with Crippen molar-refractivity contribution in [3.63, 3.8) is 0 Å². The van der Waals surface area contributed by atoms with Crippen LogP contribution in [0.3, 0.4) is 0 Å². The number of rotatable bonds is 4. The van der Waals surface area contributed by atoms with E-state index < -0.39 is 5.97 Å². The van der Waals surface area contributed by atoms with Gasteiger partial charge in [0.1, 0.15) is 0 Å². The Morgan fingerprint density at radius 3 is 2.71 bits per heavy atom. The molecule has 0 saturated carbocycles. The van der Waals surface area contributed by atoms with Gasteiger partial charge in [0.15, 0.2) is 0 Å². The van der Waals surface area contributed by atoms with Crippen LogP contribution in [0.15, 0.2) is 40.9 Å². The first-order valence-electron chi connectivity index (χ1n) is 6.38. The van der Waals surface area contributed by atoms with E-state index in [0.717, 1.165) is 15.7 Å². The molecule has 0 radical (unpaired) electrons. The highest BCUT2D eigenvalue weighted by molar-refractivity contribution is 9.10. The highest BCUT2D eigenvalue weighted by Crippen LogP contribution is 2.23. The zero-order chi connectivity index (χ0) is 15.4. The molecule has 0 unspecified atom stereocenters. The van der Waals surface area contributed by atoms with Crippen LogP contribution in [0, 0.1) is 6.92 Å². The predicted molar refractivity (Wildman–Crippen MR) is 89.0 cm³/mol. The molecule has 0 heterocycles. The van der Waals surface area contributed by atoms with Gasteiger partial charge in [-0.25, -0.2) is 4.79 Å². The molecule has 21 heavy (non-hydrogen) atoms. The zero-order valence-electron chi connectivity index (χ0n) is 11.7. The highest BCUT2D eigenvalue weighted by Gasteiger charge is 2.11. The van der Waals surface area contributed by atoms with Crippen LogP contribution < -0.4 is 5.32 Å². The van der Waals surface area contributed by atoms with Crippen molar-refractivity contribution < 1.29 is 9.53 Å². The summed E-state index contributed by atoms with van der Waals surface area (Å²) >= 11 is 9.51. The first-order valence-corrected chi connectivity index (χ1v) is 7.55. The number of hydrogen-bond acceptors (Lipinski definition) is 3. The molecule has 2 rings (SSSR count). The van der Waals surface area contributed by atoms with Crippen LogP contribution in [-0.4, -0.2) is 13.1 Å². The average molecular weight is 369 g/mol. The van der Waals surface area contributed by atoms with Crippen molar-refractivity contribution in [1.29, 1.82) is 0 Å². The lowest BCUT2D eigenvalue weighted by atomic mass is 10.1. The fourth-order valence-electron chi connectivity index (χ4n) is 1.85. The molecular formula is C16H15BrClNO2. The maximum atomic E-state index is 11.6. The summed E-state index contributed by atoms with van der Waals surface area (Å²) in [6.45, 7) is 2.70. The van der Waals surface area contributed by atoms with Crippen LogP contribution in [0.4, 0.5) is 5.69 Å². The number of hydrogen-bond donors (Lipinski definition) is 1. The summed E-state index contributed by atoms with van der Waals surface area (Å²) < 4.78 is 5.78. The molecule has 2 aromatic carbocycles. The Balaban J connectivity index is 2.13. The van der Waals surface area contributed by atoms with Crippen LogP contribution in [0.2, 0.25) is 5.02 Å². The third-order valence-electron chi connectivity index (χ3n) is 3.10. The van der Waals surface area contributed by atoms with E-state index in [4.69, 9.17) is 16.3 Å². The van der Waals surface area contributed by atoms with Gasteiger partial charge in [0.25, 0.3) is 0 Å². The lowest BCUT2D eigenvalue weighted by Crippen LogP contribution is -2.05. The summed E-state index contributed by atoms with van der Waals surface area (Å²) in [6, 6.07) is 11.4. The minimum absolute atomic E-state index is 0.356. The fraction of sp³-hybridized carbons (Fsp3) is 0.188. The van der Waals surface area contributed by atoms with E-state index in [-0.39, 0.29) is 0 Å². The van der Waals surface area contributed by atoms with Gasteiger partial charge in [-0.15, -0.1) is 0 Å². The Labute approximate surface area is 137 Å². The molecule has 0 aliphatic heterocycles. The first kappa shape index (κ1) is 15.9. The Bertz CT molecular complexity index is 673. The number of benzene rings is 2. The van der Waals surface area contributed by atoms with Crippen molar-refractivity contribution in [3.05, 3.63) is 62.6 Å². The molecule has 0 fully saturated rings. The van der Waals surface area contributed by atoms with E-state index in [0.29, 0.717) is 17.1 Å². The van der Waals surface area contributed by atoms with Crippen molar-refractivity contribution in [3.8, 4) is 0 Å². The summed E-state index contributed by atoms with van der Waals surface area (Å²) in [5, 5.41) is 3.65. The second kappa shape index (κ2) is 6.96. The molecule has 0 atom stereocenters. The number of esters is 1. The topological polar surface area (TPSA) is 38.3 Å². The SMILES string of the molecule is COC(=O)c1cc(NCc2ccc(C)c(Br)c2)ccc1Cl. The number of methoxy groups -OCH3 is 1. The molecule has 0 spiro atoms. The fourth-order valence-corrected chi connectivity index (χ4v) is 2.47. The quantitative estimate of drug-likeness (QED) is 0.787. The van der Waals surface area contributed by atoms with Gasteiger partial charge in [-0.2, -0.15) is 0 Å². The molecule has 2 aromatic rings. The number of nitrogens with one attached hydrogen (secondary N) is 1. The summed E-state index contributed by atoms with van der Waals surface area (Å²) in [4.78, 5) is 11.6. The molecule has 110 valence electrons. The van der Waals surface area contributed by atoms with E-state index in [1.54, 1.807) is 12.1 Å². The van der Waals surface area contributed by atoms with Crippen molar-refractivity contribution in [2.24, 2.45) is 0 Å². The van der Waals surface area contributed by atoms with E-state index >= 15 is 0 Å². The number of ether oxygens (including phenoxy) is 1. The van der Waals surface area contributed by atoms with Crippen molar-refractivity contribution in [2.75, 3.05) is 12.4 Å². The summed E-state index contributed by atoms with van der Waals surface area (Å²) in [5.74, 6) is -0.443. The standard InChI is InChI=1S/C16H15BrClNO2/c1-10-3-4-11(7-14(10)17)9-19-12-5-6-15(18)13(8-12)16(20)21-2/h3-8,19H,9H2,1-2H3. The molecule has 0 aliphatic rings. The van der Waals surface area contributed by atoms with Crippen molar-refractivity contribution in [1.82, 2.24) is 0 Å². The zero-order valence-corrected chi connectivity index (χ0v) is 14.1. The van der Waals surface area contributed by atoms with Crippen molar-refractivity contribution >= 4 is 39.2 Å². The maximum absolute atomic E-state index is 11.6. The number of aryl methyl sites for hydroxylation is 1. The molecule has 5 heteroatoms. The molecule has 1 N–H and O–H groups in total.